The monoisotopic (exact) mass is 213 g/mol. The Hall–Kier alpha value is -1.00. The molecule has 1 fully saturated rings. The predicted octanol–water partition coefficient (Wildman–Crippen LogP) is 2.50. The van der Waals surface area contributed by atoms with Gasteiger partial charge >= 0.3 is 0 Å². The predicted molar refractivity (Wildman–Crippen MR) is 55.9 cm³/mol. The molecular weight excluding hydrogens is 202 g/mol. The van der Waals surface area contributed by atoms with Gasteiger partial charge in [-0.2, -0.15) is 0 Å². The first kappa shape index (κ1) is 9.55. The van der Waals surface area contributed by atoms with Gasteiger partial charge in [-0.25, -0.2) is 4.98 Å². The number of nitrogens with one attached hydrogen (secondary N) is 2. The van der Waals surface area contributed by atoms with Crippen LogP contribution in [0.15, 0.2) is 12.3 Å². The second-order valence-electron chi connectivity index (χ2n) is 3.44. The summed E-state index contributed by atoms with van der Waals surface area (Å²) in [6, 6.07) is 2.21. The fourth-order valence-corrected chi connectivity index (χ4v) is 1.57. The van der Waals surface area contributed by atoms with E-state index in [-0.39, 0.29) is 0 Å². The normalized spacial score (nSPS) is 16.1. The molecule has 0 spiro atoms. The Morgan fingerprint density at radius 2 is 2.21 bits per heavy atom. The van der Waals surface area contributed by atoms with Crippen molar-refractivity contribution >= 4 is 23.0 Å². The Balaban J connectivity index is 2.15. The number of halogens is 1. The molecule has 0 atom stereocenters. The lowest BCUT2D eigenvalue weighted by Crippen LogP contribution is -2.27. The van der Waals surface area contributed by atoms with Gasteiger partial charge < -0.3 is 5.32 Å². The minimum atomic E-state index is 0.422. The lowest BCUT2D eigenvalue weighted by Gasteiger charge is -2.28. The highest BCUT2D eigenvalue weighted by atomic mass is 35.5. The Bertz CT molecular complexity index is 328. The fraction of sp³-hybridized carbons (Fsp3) is 0.444. The number of rotatable bonds is 3. The smallest absolute Gasteiger partial charge is 0.131 e. The molecule has 0 aliphatic heterocycles. The summed E-state index contributed by atoms with van der Waals surface area (Å²) in [5, 5.41) is 12.6. The third-order valence-electron chi connectivity index (χ3n) is 2.46. The van der Waals surface area contributed by atoms with Gasteiger partial charge in [-0.3, -0.25) is 10.7 Å². The molecule has 14 heavy (non-hydrogen) atoms. The van der Waals surface area contributed by atoms with Gasteiger partial charge in [-0.1, -0.05) is 11.6 Å². The Kier molecular flexibility index (Phi) is 2.74. The van der Waals surface area contributed by atoms with E-state index >= 15 is 0 Å². The summed E-state index contributed by atoms with van der Waals surface area (Å²) in [4.78, 5) is 3.86. The van der Waals surface area contributed by atoms with E-state index < -0.39 is 0 Å². The van der Waals surface area contributed by atoms with E-state index in [0.29, 0.717) is 16.9 Å². The van der Waals surface area contributed by atoms with Crippen molar-refractivity contribution in [2.24, 2.45) is 0 Å². The molecule has 0 unspecified atom stereocenters. The Morgan fingerprint density at radius 3 is 2.79 bits per heavy atom. The van der Waals surface area contributed by atoms with Crippen LogP contribution in [0.3, 0.4) is 0 Å². The highest BCUT2D eigenvalue weighted by Crippen LogP contribution is 2.28. The topological polar surface area (TPSA) is 57.2 Å². The molecule has 0 radical (unpaired) electrons. The van der Waals surface area contributed by atoms with Crippen molar-refractivity contribution in [1.82, 2.24) is 4.98 Å². The van der Waals surface area contributed by atoms with Crippen LogP contribution >= 0.6 is 11.6 Å². The summed E-state index contributed by atoms with van der Waals surface area (Å²) in [5.41, 5.74) is 3.45. The van der Waals surface area contributed by atoms with Crippen LogP contribution in [0.25, 0.3) is 0 Å². The number of nitrogens with zero attached hydrogens (tertiary/aromatic N) is 1. The van der Waals surface area contributed by atoms with Crippen molar-refractivity contribution in [3.8, 4) is 0 Å². The molecule has 1 heterocycles. The minimum Gasteiger partial charge on any atom is -0.380 e. The summed E-state index contributed by atoms with van der Waals surface area (Å²) in [6.45, 7) is 0. The summed E-state index contributed by atoms with van der Waals surface area (Å²) >= 11 is 5.76. The van der Waals surface area contributed by atoms with Crippen molar-refractivity contribution in [2.75, 3.05) is 10.8 Å². The molecule has 0 saturated heterocycles. The zero-order valence-electron chi connectivity index (χ0n) is 7.63. The van der Waals surface area contributed by atoms with Gasteiger partial charge in [-0.05, 0) is 19.3 Å². The van der Waals surface area contributed by atoms with Crippen LogP contribution in [0, 0.1) is 0 Å². The molecule has 76 valence electrons. The van der Waals surface area contributed by atoms with E-state index in [9.17, 15) is 0 Å². The van der Waals surface area contributed by atoms with Crippen LogP contribution in [0.2, 0.25) is 5.15 Å². The van der Waals surface area contributed by atoms with Gasteiger partial charge in [-0.15, -0.1) is 0 Å². The SMILES string of the molecule is ONc1cnc(Cl)cc1NC1CCC1. The summed E-state index contributed by atoms with van der Waals surface area (Å²) in [5.74, 6) is 0. The average Bonchev–Trinajstić information content (AvgIpc) is 2.12. The van der Waals surface area contributed by atoms with Gasteiger partial charge in [0.2, 0.25) is 0 Å². The molecule has 3 N–H and O–H groups in total. The van der Waals surface area contributed by atoms with Crippen LogP contribution < -0.4 is 10.8 Å². The van der Waals surface area contributed by atoms with Crippen LogP contribution in [0.5, 0.6) is 0 Å². The average molecular weight is 214 g/mol. The molecule has 1 aliphatic rings. The molecule has 0 aromatic carbocycles. The van der Waals surface area contributed by atoms with Gasteiger partial charge in [0.1, 0.15) is 10.8 Å². The minimum absolute atomic E-state index is 0.422. The number of hydrogen-bond donors (Lipinski definition) is 3. The van der Waals surface area contributed by atoms with Crippen LogP contribution in [-0.2, 0) is 0 Å². The van der Waals surface area contributed by atoms with Crippen molar-refractivity contribution < 1.29 is 5.21 Å². The molecule has 1 aliphatic carbocycles. The van der Waals surface area contributed by atoms with Crippen molar-refractivity contribution in [2.45, 2.75) is 25.3 Å². The van der Waals surface area contributed by atoms with Crippen LogP contribution in [0.4, 0.5) is 11.4 Å². The van der Waals surface area contributed by atoms with E-state index in [0.717, 1.165) is 5.69 Å². The Morgan fingerprint density at radius 1 is 1.43 bits per heavy atom. The van der Waals surface area contributed by atoms with E-state index in [1.54, 1.807) is 6.07 Å². The first-order chi connectivity index (χ1) is 6.79. The highest BCUT2D eigenvalue weighted by Gasteiger charge is 2.18. The molecule has 5 heteroatoms. The number of anilines is 2. The van der Waals surface area contributed by atoms with Crippen molar-refractivity contribution in [3.05, 3.63) is 17.4 Å². The quantitative estimate of drug-likeness (QED) is 0.534. The van der Waals surface area contributed by atoms with E-state index in [1.807, 2.05) is 0 Å². The Labute approximate surface area is 87.3 Å². The first-order valence-electron chi connectivity index (χ1n) is 4.62. The van der Waals surface area contributed by atoms with Gasteiger partial charge in [0.25, 0.3) is 0 Å². The summed E-state index contributed by atoms with van der Waals surface area (Å²) in [7, 11) is 0. The second-order valence-corrected chi connectivity index (χ2v) is 3.82. The maximum absolute atomic E-state index is 8.84. The van der Waals surface area contributed by atoms with Crippen LogP contribution in [0.1, 0.15) is 19.3 Å². The summed E-state index contributed by atoms with van der Waals surface area (Å²) in [6.07, 6.45) is 5.11. The lowest BCUT2D eigenvalue weighted by atomic mass is 9.93. The molecule has 4 nitrogen and oxygen atoms in total. The molecule has 0 bridgehead atoms. The van der Waals surface area contributed by atoms with E-state index in [1.165, 1.54) is 25.5 Å². The largest absolute Gasteiger partial charge is 0.380 e. The van der Waals surface area contributed by atoms with Gasteiger partial charge in [0.15, 0.2) is 0 Å². The fourth-order valence-electron chi connectivity index (χ4n) is 1.41. The molecular formula is C9H12ClN3O. The zero-order chi connectivity index (χ0) is 9.97. The van der Waals surface area contributed by atoms with Gasteiger partial charge in [0, 0.05) is 12.1 Å². The third-order valence-corrected chi connectivity index (χ3v) is 2.66. The first-order valence-corrected chi connectivity index (χ1v) is 4.99. The molecule has 0 amide bonds. The molecule has 1 aromatic rings. The van der Waals surface area contributed by atoms with Gasteiger partial charge in [0.05, 0.1) is 11.9 Å². The van der Waals surface area contributed by atoms with E-state index in [2.05, 4.69) is 15.8 Å². The number of pyridine rings is 1. The van der Waals surface area contributed by atoms with Crippen molar-refractivity contribution in [3.63, 3.8) is 0 Å². The van der Waals surface area contributed by atoms with Crippen LogP contribution in [-0.4, -0.2) is 16.2 Å². The summed E-state index contributed by atoms with van der Waals surface area (Å²) < 4.78 is 0. The maximum Gasteiger partial charge on any atom is 0.131 e. The molecule has 1 saturated carbocycles. The zero-order valence-corrected chi connectivity index (χ0v) is 8.38. The molecule has 1 aromatic heterocycles. The second kappa shape index (κ2) is 4.02. The standard InChI is InChI=1S/C9H12ClN3O/c10-9-4-7(8(13-14)5-11-9)12-6-2-1-3-6/h4-6,13-14H,1-3H2,(H,11,12). The highest BCUT2D eigenvalue weighted by molar-refractivity contribution is 6.29. The van der Waals surface area contributed by atoms with E-state index in [4.69, 9.17) is 16.8 Å². The maximum atomic E-state index is 8.84. The number of hydrogen-bond acceptors (Lipinski definition) is 4. The number of aromatic nitrogens is 1. The van der Waals surface area contributed by atoms with Crippen molar-refractivity contribution in [1.29, 1.82) is 0 Å². The third kappa shape index (κ3) is 1.91. The molecule has 2 rings (SSSR count). The lowest BCUT2D eigenvalue weighted by molar-refractivity contribution is 0.388.